The van der Waals surface area contributed by atoms with Gasteiger partial charge in [0.15, 0.2) is 0 Å². The van der Waals surface area contributed by atoms with E-state index in [1.54, 1.807) is 6.20 Å². The van der Waals surface area contributed by atoms with E-state index in [0.29, 0.717) is 0 Å². The monoisotopic (exact) mass is 270 g/mol. The van der Waals surface area contributed by atoms with Crippen molar-refractivity contribution in [2.24, 2.45) is 0 Å². The molecule has 0 aliphatic heterocycles. The molecule has 1 amide bonds. The summed E-state index contributed by atoms with van der Waals surface area (Å²) in [5.41, 5.74) is 1.77. The minimum atomic E-state index is -1.08. The average molecular weight is 270 g/mol. The number of para-hydroxylation sites is 1. The molecule has 1 atom stereocenters. The number of carbonyl (C=O) groups is 2. The predicted octanol–water partition coefficient (Wildman–Crippen LogP) is 1.30. The Balaban J connectivity index is 2.18. The predicted molar refractivity (Wildman–Crippen MR) is 75.0 cm³/mol. The van der Waals surface area contributed by atoms with Crippen molar-refractivity contribution in [2.45, 2.75) is 18.9 Å². The Morgan fingerprint density at radius 3 is 2.85 bits per heavy atom. The maximum absolute atomic E-state index is 11.4. The van der Waals surface area contributed by atoms with E-state index >= 15 is 0 Å². The summed E-state index contributed by atoms with van der Waals surface area (Å²) in [6, 6.07) is 6.60. The van der Waals surface area contributed by atoms with Gasteiger partial charge >= 0.3 is 5.97 Å². The number of hydrogen-bond acceptors (Lipinski definition) is 2. The van der Waals surface area contributed by atoms with Gasteiger partial charge in [-0.05, 0) is 11.6 Å². The van der Waals surface area contributed by atoms with Crippen LogP contribution in [-0.2, 0) is 16.0 Å². The van der Waals surface area contributed by atoms with Gasteiger partial charge in [-0.3, -0.25) is 4.79 Å². The van der Waals surface area contributed by atoms with Gasteiger partial charge in [-0.25, -0.2) is 4.79 Å². The zero-order chi connectivity index (χ0) is 14.5. The quantitative estimate of drug-likeness (QED) is 0.716. The highest BCUT2D eigenvalue weighted by atomic mass is 16.4. The molecule has 5 heteroatoms. The summed E-state index contributed by atoms with van der Waals surface area (Å²) < 4.78 is 0. The third-order valence-corrected chi connectivity index (χ3v) is 2.99. The van der Waals surface area contributed by atoms with Crippen LogP contribution in [0.4, 0.5) is 0 Å². The number of rotatable bonds is 5. The van der Waals surface area contributed by atoms with E-state index in [1.807, 2.05) is 24.3 Å². The van der Waals surface area contributed by atoms with E-state index in [9.17, 15) is 14.7 Å². The largest absolute Gasteiger partial charge is 0.480 e. The van der Waals surface area contributed by atoms with E-state index in [2.05, 4.69) is 16.2 Å². The molecule has 3 N–H and O–H groups in total. The highest BCUT2D eigenvalue weighted by molar-refractivity contribution is 5.87. The van der Waals surface area contributed by atoms with Crippen molar-refractivity contribution in [3.8, 4) is 12.3 Å². The third kappa shape index (κ3) is 2.98. The number of terminal acetylenes is 1. The first-order valence-electron chi connectivity index (χ1n) is 6.12. The van der Waals surface area contributed by atoms with Crippen molar-refractivity contribution < 1.29 is 14.7 Å². The minimum absolute atomic E-state index is 0.127. The Labute approximate surface area is 116 Å². The summed E-state index contributed by atoms with van der Waals surface area (Å²) in [7, 11) is 0. The number of aromatic nitrogens is 1. The maximum atomic E-state index is 11.4. The van der Waals surface area contributed by atoms with E-state index in [4.69, 9.17) is 6.42 Å². The molecule has 1 aromatic heterocycles. The van der Waals surface area contributed by atoms with Crippen LogP contribution in [0.25, 0.3) is 10.9 Å². The summed E-state index contributed by atoms with van der Waals surface area (Å²) in [5, 5.41) is 12.6. The van der Waals surface area contributed by atoms with Gasteiger partial charge in [0.05, 0.1) is 6.42 Å². The van der Waals surface area contributed by atoms with Crippen LogP contribution in [0, 0.1) is 12.3 Å². The molecule has 0 saturated heterocycles. The van der Waals surface area contributed by atoms with Crippen LogP contribution in [0.2, 0.25) is 0 Å². The smallest absolute Gasteiger partial charge is 0.326 e. The number of carbonyl (C=O) groups excluding carboxylic acids is 1. The van der Waals surface area contributed by atoms with Gasteiger partial charge in [-0.1, -0.05) is 24.1 Å². The fraction of sp³-hybridized carbons (Fsp3) is 0.200. The van der Waals surface area contributed by atoms with Crippen LogP contribution in [-0.4, -0.2) is 28.0 Å². The molecule has 2 aromatic rings. The Morgan fingerprint density at radius 2 is 2.15 bits per heavy atom. The Bertz CT molecular complexity index is 682. The van der Waals surface area contributed by atoms with Crippen LogP contribution in [0.1, 0.15) is 12.0 Å². The number of H-pyrrole nitrogens is 1. The van der Waals surface area contributed by atoms with Crippen LogP contribution < -0.4 is 5.32 Å². The topological polar surface area (TPSA) is 82.2 Å². The Kier molecular flexibility index (Phi) is 4.06. The number of fused-ring (bicyclic) bond motifs is 1. The van der Waals surface area contributed by atoms with Crippen molar-refractivity contribution in [1.82, 2.24) is 10.3 Å². The lowest BCUT2D eigenvalue weighted by molar-refractivity contribution is -0.141. The summed E-state index contributed by atoms with van der Waals surface area (Å²) in [6.45, 7) is 0. The molecule has 2 rings (SSSR count). The molecular formula is C15H14N2O3. The summed E-state index contributed by atoms with van der Waals surface area (Å²) in [5.74, 6) is 0.648. The first kappa shape index (κ1) is 13.7. The fourth-order valence-corrected chi connectivity index (χ4v) is 2.06. The van der Waals surface area contributed by atoms with Gasteiger partial charge in [-0.15, -0.1) is 6.42 Å². The van der Waals surface area contributed by atoms with Gasteiger partial charge in [-0.2, -0.15) is 0 Å². The van der Waals surface area contributed by atoms with E-state index in [1.165, 1.54) is 0 Å². The summed E-state index contributed by atoms with van der Waals surface area (Å²) in [6.07, 6.45) is 6.86. The van der Waals surface area contributed by atoms with Crippen LogP contribution in [0.5, 0.6) is 0 Å². The molecule has 1 aromatic carbocycles. The van der Waals surface area contributed by atoms with E-state index < -0.39 is 17.9 Å². The van der Waals surface area contributed by atoms with Gasteiger partial charge < -0.3 is 15.4 Å². The standard InChI is InChI=1S/C15H14N2O3/c1-2-5-14(18)17-13(15(19)20)8-10-9-16-12-7-4-3-6-11(10)12/h1,3-4,6-7,9,13,16H,5,8H2,(H,17,18)(H,19,20)/t13-/m0/s1. The number of aliphatic carboxylic acids is 1. The number of carboxylic acids is 1. The first-order valence-corrected chi connectivity index (χ1v) is 6.12. The van der Waals surface area contributed by atoms with E-state index in [-0.39, 0.29) is 12.8 Å². The number of nitrogens with one attached hydrogen (secondary N) is 2. The van der Waals surface area contributed by atoms with Crippen LogP contribution in [0.3, 0.4) is 0 Å². The Morgan fingerprint density at radius 1 is 1.40 bits per heavy atom. The average Bonchev–Trinajstić information content (AvgIpc) is 2.82. The van der Waals surface area contributed by atoms with Gasteiger partial charge in [0.2, 0.25) is 5.91 Å². The Hall–Kier alpha value is -2.74. The maximum Gasteiger partial charge on any atom is 0.326 e. The lowest BCUT2D eigenvalue weighted by Gasteiger charge is -2.13. The summed E-state index contributed by atoms with van der Waals surface area (Å²) >= 11 is 0. The SMILES string of the molecule is C#CCC(=O)N[C@@H](Cc1c[nH]c2ccccc12)C(=O)O. The number of amides is 1. The van der Waals surface area contributed by atoms with Crippen molar-refractivity contribution >= 4 is 22.8 Å². The lowest BCUT2D eigenvalue weighted by atomic mass is 10.0. The molecule has 20 heavy (non-hydrogen) atoms. The zero-order valence-electron chi connectivity index (χ0n) is 10.7. The molecule has 0 aliphatic carbocycles. The molecule has 102 valence electrons. The van der Waals surface area contributed by atoms with Gasteiger partial charge in [0.25, 0.3) is 0 Å². The normalized spacial score (nSPS) is 11.8. The number of aromatic amines is 1. The highest BCUT2D eigenvalue weighted by Crippen LogP contribution is 2.19. The van der Waals surface area contributed by atoms with Crippen molar-refractivity contribution in [2.75, 3.05) is 0 Å². The fourth-order valence-electron chi connectivity index (χ4n) is 2.06. The van der Waals surface area contributed by atoms with Crippen molar-refractivity contribution in [3.05, 3.63) is 36.0 Å². The van der Waals surface area contributed by atoms with Crippen LogP contribution in [0.15, 0.2) is 30.5 Å². The second-order valence-electron chi connectivity index (χ2n) is 4.40. The second-order valence-corrected chi connectivity index (χ2v) is 4.40. The van der Waals surface area contributed by atoms with Crippen molar-refractivity contribution in [1.29, 1.82) is 0 Å². The first-order chi connectivity index (χ1) is 9.61. The molecule has 0 unspecified atom stereocenters. The molecular weight excluding hydrogens is 256 g/mol. The number of carboxylic acid groups (broad SMARTS) is 1. The molecule has 0 radical (unpaired) electrons. The van der Waals surface area contributed by atoms with Crippen molar-refractivity contribution in [3.63, 3.8) is 0 Å². The lowest BCUT2D eigenvalue weighted by Crippen LogP contribution is -2.42. The van der Waals surface area contributed by atoms with E-state index in [0.717, 1.165) is 16.5 Å². The highest BCUT2D eigenvalue weighted by Gasteiger charge is 2.21. The summed E-state index contributed by atoms with van der Waals surface area (Å²) in [4.78, 5) is 25.7. The van der Waals surface area contributed by atoms with Gasteiger partial charge in [0.1, 0.15) is 6.04 Å². The molecule has 0 saturated carbocycles. The molecule has 5 nitrogen and oxygen atoms in total. The minimum Gasteiger partial charge on any atom is -0.480 e. The van der Waals surface area contributed by atoms with Crippen LogP contribution >= 0.6 is 0 Å². The van der Waals surface area contributed by atoms with Gasteiger partial charge in [0, 0.05) is 23.5 Å². The molecule has 0 bridgehead atoms. The number of hydrogen-bond donors (Lipinski definition) is 3. The third-order valence-electron chi connectivity index (χ3n) is 2.99. The molecule has 0 aliphatic rings. The zero-order valence-corrected chi connectivity index (χ0v) is 10.7. The number of benzene rings is 1. The second kappa shape index (κ2) is 5.93. The molecule has 0 fully saturated rings. The molecule has 1 heterocycles. The molecule has 0 spiro atoms.